The van der Waals surface area contributed by atoms with Crippen molar-refractivity contribution in [2.75, 3.05) is 38.1 Å². The van der Waals surface area contributed by atoms with Crippen molar-refractivity contribution in [3.63, 3.8) is 0 Å². The van der Waals surface area contributed by atoms with Crippen LogP contribution in [0.2, 0.25) is 0 Å². The van der Waals surface area contributed by atoms with Crippen LogP contribution in [-0.4, -0.2) is 65.5 Å². The average Bonchev–Trinajstić information content (AvgIpc) is 3.46. The van der Waals surface area contributed by atoms with Crippen molar-refractivity contribution in [2.24, 2.45) is 0 Å². The van der Waals surface area contributed by atoms with Crippen molar-refractivity contribution in [1.29, 1.82) is 0 Å². The number of benzene rings is 2. The zero-order valence-electron chi connectivity index (χ0n) is 17.3. The van der Waals surface area contributed by atoms with E-state index >= 15 is 0 Å². The third kappa shape index (κ3) is 3.25. The number of piperazine rings is 1. The minimum Gasteiger partial charge on any atom is -0.380 e. The Bertz CT molecular complexity index is 975. The minimum atomic E-state index is -1.13. The molecule has 1 N–H and O–H groups in total. The first kappa shape index (κ1) is 19.1. The normalized spacial score (nSPS) is 22.1. The molecule has 2 aromatic carbocycles. The quantitative estimate of drug-likeness (QED) is 0.851. The summed E-state index contributed by atoms with van der Waals surface area (Å²) in [5.74, 6) is -0.178. The summed E-state index contributed by atoms with van der Waals surface area (Å²) in [5.41, 5.74) is 3.38. The maximum atomic E-state index is 12.9. The molecule has 6 heteroatoms. The molecule has 30 heavy (non-hydrogen) atoms. The Morgan fingerprint density at radius 2 is 1.57 bits per heavy atom. The predicted molar refractivity (Wildman–Crippen MR) is 114 cm³/mol. The topological polar surface area (TPSA) is 64.1 Å². The van der Waals surface area contributed by atoms with E-state index in [2.05, 4.69) is 48.3 Å². The van der Waals surface area contributed by atoms with Gasteiger partial charge in [-0.15, -0.1) is 0 Å². The lowest BCUT2D eigenvalue weighted by molar-refractivity contribution is -0.143. The van der Waals surface area contributed by atoms with Gasteiger partial charge in [-0.1, -0.05) is 30.3 Å². The second-order valence-electron chi connectivity index (χ2n) is 8.70. The zero-order chi connectivity index (χ0) is 20.9. The Balaban J connectivity index is 1.22. The van der Waals surface area contributed by atoms with Crippen LogP contribution in [-0.2, 0) is 11.2 Å². The third-order valence-electron chi connectivity index (χ3n) is 6.77. The summed E-state index contributed by atoms with van der Waals surface area (Å²) in [6, 6.07) is 16.7. The summed E-state index contributed by atoms with van der Waals surface area (Å²) in [6.45, 7) is 1.97. The van der Waals surface area contributed by atoms with Gasteiger partial charge >= 0.3 is 0 Å². The molecule has 6 nitrogen and oxygen atoms in total. The van der Waals surface area contributed by atoms with Gasteiger partial charge in [0.15, 0.2) is 0 Å². The lowest BCUT2D eigenvalue weighted by Crippen LogP contribution is -2.53. The number of carbonyl (C=O) groups excluding carboxylic acids is 2. The molecule has 0 radical (unpaired) electrons. The van der Waals surface area contributed by atoms with Crippen LogP contribution in [0.5, 0.6) is 0 Å². The van der Waals surface area contributed by atoms with E-state index in [1.807, 2.05) is 12.1 Å². The molecule has 1 saturated carbocycles. The number of hydrogen-bond donors (Lipinski definition) is 1. The van der Waals surface area contributed by atoms with Crippen molar-refractivity contribution in [3.05, 3.63) is 65.2 Å². The molecular weight excluding hydrogens is 378 g/mol. The summed E-state index contributed by atoms with van der Waals surface area (Å²) >= 11 is 0. The van der Waals surface area contributed by atoms with Crippen molar-refractivity contribution in [1.82, 2.24) is 9.80 Å². The van der Waals surface area contributed by atoms with E-state index in [4.69, 9.17) is 0 Å². The molecule has 0 bridgehead atoms. The number of carbonyl (C=O) groups is 2. The first-order chi connectivity index (χ1) is 14.5. The van der Waals surface area contributed by atoms with Gasteiger partial charge < -0.3 is 19.8 Å². The van der Waals surface area contributed by atoms with Gasteiger partial charge in [0.05, 0.1) is 6.04 Å². The molecule has 1 saturated heterocycles. The maximum absolute atomic E-state index is 12.9. The number of rotatable bonds is 3. The molecule has 5 rings (SSSR count). The molecule has 2 fully saturated rings. The van der Waals surface area contributed by atoms with E-state index in [1.165, 1.54) is 16.8 Å². The van der Waals surface area contributed by atoms with Crippen LogP contribution in [0, 0.1) is 0 Å². The highest BCUT2D eigenvalue weighted by atomic mass is 16.3. The number of para-hydroxylation sites is 1. The third-order valence-corrected chi connectivity index (χ3v) is 6.77. The number of aliphatic hydroxyl groups is 1. The van der Waals surface area contributed by atoms with Crippen molar-refractivity contribution in [3.8, 4) is 0 Å². The van der Waals surface area contributed by atoms with Crippen molar-refractivity contribution >= 4 is 17.5 Å². The predicted octanol–water partition coefficient (Wildman–Crippen LogP) is 2.23. The first-order valence-corrected chi connectivity index (χ1v) is 10.7. The highest BCUT2D eigenvalue weighted by Gasteiger charge is 2.50. The van der Waals surface area contributed by atoms with Gasteiger partial charge in [0.1, 0.15) is 5.60 Å². The fourth-order valence-electron chi connectivity index (χ4n) is 4.65. The molecule has 2 heterocycles. The number of nitrogens with zero attached hydrogens (tertiary/aromatic N) is 3. The highest BCUT2D eigenvalue weighted by Crippen LogP contribution is 2.39. The maximum Gasteiger partial charge on any atom is 0.254 e. The van der Waals surface area contributed by atoms with Gasteiger partial charge in [0.25, 0.3) is 11.8 Å². The summed E-state index contributed by atoms with van der Waals surface area (Å²) in [4.78, 5) is 31.0. The Hall–Kier alpha value is -2.86. The average molecular weight is 405 g/mol. The summed E-state index contributed by atoms with van der Waals surface area (Å²) < 4.78 is 0. The first-order valence-electron chi connectivity index (χ1n) is 10.7. The molecule has 1 aliphatic carbocycles. The number of anilines is 1. The molecule has 1 unspecified atom stereocenters. The largest absolute Gasteiger partial charge is 0.380 e. The second-order valence-corrected chi connectivity index (χ2v) is 8.70. The second kappa shape index (κ2) is 7.13. The molecule has 1 atom stereocenters. The Labute approximate surface area is 176 Å². The Kier molecular flexibility index (Phi) is 4.54. The smallest absolute Gasteiger partial charge is 0.254 e. The fraction of sp³-hybridized carbons (Fsp3) is 0.417. The number of fused-ring (bicyclic) bond motifs is 1. The van der Waals surface area contributed by atoms with Crippen LogP contribution >= 0.6 is 0 Å². The Morgan fingerprint density at radius 3 is 2.20 bits per heavy atom. The monoisotopic (exact) mass is 405 g/mol. The number of hydrogen-bond acceptors (Lipinski definition) is 4. The van der Waals surface area contributed by atoms with Crippen LogP contribution in [0.4, 0.5) is 5.69 Å². The van der Waals surface area contributed by atoms with E-state index in [9.17, 15) is 14.7 Å². The lowest BCUT2D eigenvalue weighted by atomic mass is 10.0. The van der Waals surface area contributed by atoms with Gasteiger partial charge in [-0.25, -0.2) is 0 Å². The molecule has 0 spiro atoms. The molecule has 0 aromatic heterocycles. The van der Waals surface area contributed by atoms with Gasteiger partial charge in [0.2, 0.25) is 0 Å². The molecule has 2 aliphatic heterocycles. The van der Waals surface area contributed by atoms with E-state index < -0.39 is 5.60 Å². The van der Waals surface area contributed by atoms with Gasteiger partial charge in [-0.3, -0.25) is 9.59 Å². The van der Waals surface area contributed by atoms with Gasteiger partial charge in [0, 0.05) is 44.5 Å². The Morgan fingerprint density at radius 1 is 0.933 bits per heavy atom. The standard InChI is InChI=1S/C24H27N3O3/c1-25-20-5-3-2-4-19(20)16-21(25)17-6-8-18(9-7-17)22(28)26-12-14-27(15-13-26)23(29)24(30)10-11-24/h2-9,21,30H,10-16H2,1H3. The van der Waals surface area contributed by atoms with E-state index in [0.29, 0.717) is 44.6 Å². The van der Waals surface area contributed by atoms with Gasteiger partial charge in [-0.2, -0.15) is 0 Å². The van der Waals surface area contributed by atoms with E-state index in [0.717, 1.165) is 6.42 Å². The summed E-state index contributed by atoms with van der Waals surface area (Å²) in [7, 11) is 2.12. The fourth-order valence-corrected chi connectivity index (χ4v) is 4.65. The van der Waals surface area contributed by atoms with Crippen LogP contribution in [0.3, 0.4) is 0 Å². The van der Waals surface area contributed by atoms with Crippen LogP contribution < -0.4 is 4.90 Å². The summed E-state index contributed by atoms with van der Waals surface area (Å²) in [5, 5.41) is 10.0. The number of amides is 2. The molecule has 156 valence electrons. The van der Waals surface area contributed by atoms with E-state index in [1.54, 1.807) is 9.80 Å². The zero-order valence-corrected chi connectivity index (χ0v) is 17.3. The van der Waals surface area contributed by atoms with Crippen molar-refractivity contribution in [2.45, 2.75) is 30.9 Å². The van der Waals surface area contributed by atoms with Crippen LogP contribution in [0.15, 0.2) is 48.5 Å². The van der Waals surface area contributed by atoms with Crippen LogP contribution in [0.1, 0.15) is 40.4 Å². The minimum absolute atomic E-state index is 0.00171. The van der Waals surface area contributed by atoms with Crippen LogP contribution in [0.25, 0.3) is 0 Å². The SMILES string of the molecule is CN1c2ccccc2CC1c1ccc(C(=O)N2CCN(C(=O)C3(O)CC3)CC2)cc1. The molecule has 2 aromatic rings. The van der Waals surface area contributed by atoms with Crippen molar-refractivity contribution < 1.29 is 14.7 Å². The van der Waals surface area contributed by atoms with Gasteiger partial charge in [-0.05, 0) is 48.6 Å². The highest BCUT2D eigenvalue weighted by molar-refractivity contribution is 5.94. The molecule has 2 amide bonds. The number of likely N-dealkylation sites (N-methyl/N-ethyl adjacent to an activating group) is 1. The molecule has 3 aliphatic rings. The lowest BCUT2D eigenvalue weighted by Gasteiger charge is -2.35. The van der Waals surface area contributed by atoms with E-state index in [-0.39, 0.29) is 17.9 Å². The summed E-state index contributed by atoms with van der Waals surface area (Å²) in [6.07, 6.45) is 2.08. The molecular formula is C24H27N3O3.